The molecule has 2 fully saturated rings. The molecule has 0 spiro atoms. The molecule has 0 radical (unpaired) electrons. The highest BCUT2D eigenvalue weighted by Crippen LogP contribution is 2.29. The topological polar surface area (TPSA) is 54.5 Å². The quantitative estimate of drug-likeness (QED) is 0.799. The highest BCUT2D eigenvalue weighted by Gasteiger charge is 2.36. The van der Waals surface area contributed by atoms with Crippen LogP contribution in [0.3, 0.4) is 0 Å². The normalized spacial score (nSPS) is 25.5. The first kappa shape index (κ1) is 12.4. The molecule has 0 aliphatic carbocycles. The zero-order valence-corrected chi connectivity index (χ0v) is 11.3. The summed E-state index contributed by atoms with van der Waals surface area (Å²) in [7, 11) is 1.39. The molecule has 5 heteroatoms. The van der Waals surface area contributed by atoms with Crippen LogP contribution >= 0.6 is 0 Å². The molecule has 1 aromatic heterocycles. The molecule has 2 saturated heterocycles. The van der Waals surface area contributed by atoms with Crippen LogP contribution in [0.25, 0.3) is 0 Å². The van der Waals surface area contributed by atoms with E-state index in [-0.39, 0.29) is 5.97 Å². The number of nitrogens with one attached hydrogen (secondary N) is 1. The lowest BCUT2D eigenvalue weighted by atomic mass is 10.0. The van der Waals surface area contributed by atoms with Gasteiger partial charge in [0.1, 0.15) is 5.82 Å². The van der Waals surface area contributed by atoms with Gasteiger partial charge in [-0.3, -0.25) is 0 Å². The summed E-state index contributed by atoms with van der Waals surface area (Å²) in [6, 6.07) is 3.74. The van der Waals surface area contributed by atoms with E-state index in [9.17, 15) is 4.79 Å². The maximum Gasteiger partial charge on any atom is 0.339 e. The zero-order valence-electron chi connectivity index (χ0n) is 11.3. The van der Waals surface area contributed by atoms with Gasteiger partial charge in [-0.05, 0) is 30.9 Å². The smallest absolute Gasteiger partial charge is 0.339 e. The van der Waals surface area contributed by atoms with Crippen LogP contribution in [0.2, 0.25) is 0 Å². The van der Waals surface area contributed by atoms with Gasteiger partial charge in [-0.25, -0.2) is 9.78 Å². The molecule has 3 rings (SSSR count). The molecule has 0 unspecified atom stereocenters. The molecular formula is C14H19N3O2. The Morgan fingerprint density at radius 1 is 1.37 bits per heavy atom. The van der Waals surface area contributed by atoms with E-state index in [4.69, 9.17) is 4.74 Å². The number of fused-ring (bicyclic) bond motifs is 1. The fraction of sp³-hybridized carbons (Fsp3) is 0.571. The van der Waals surface area contributed by atoms with Crippen molar-refractivity contribution in [1.29, 1.82) is 0 Å². The van der Waals surface area contributed by atoms with E-state index in [1.54, 1.807) is 0 Å². The van der Waals surface area contributed by atoms with Crippen LogP contribution in [0.15, 0.2) is 12.1 Å². The first-order chi connectivity index (χ1) is 9.19. The minimum Gasteiger partial charge on any atom is -0.465 e. The predicted octanol–water partition coefficient (Wildman–Crippen LogP) is 0.832. The minimum absolute atomic E-state index is 0.320. The van der Waals surface area contributed by atoms with Crippen LogP contribution in [0.5, 0.6) is 0 Å². The van der Waals surface area contributed by atoms with Gasteiger partial charge in [-0.1, -0.05) is 0 Å². The summed E-state index contributed by atoms with van der Waals surface area (Å²) in [4.78, 5) is 18.4. The Hall–Kier alpha value is -1.62. The minimum atomic E-state index is -0.320. The molecule has 2 atom stereocenters. The third-order valence-electron chi connectivity index (χ3n) is 4.19. The van der Waals surface area contributed by atoms with Crippen LogP contribution in [0.4, 0.5) is 5.82 Å². The number of hydrogen-bond acceptors (Lipinski definition) is 5. The van der Waals surface area contributed by atoms with Crippen LogP contribution in [-0.2, 0) is 4.74 Å². The SMILES string of the molecule is COC(=O)c1ccc(N2C[C@H]3CNC[C@H]3C2)nc1C. The fourth-order valence-electron chi connectivity index (χ4n) is 3.09. The molecule has 1 aromatic rings. The van der Waals surface area contributed by atoms with E-state index in [1.165, 1.54) is 7.11 Å². The predicted molar refractivity (Wildman–Crippen MR) is 72.4 cm³/mol. The third kappa shape index (κ3) is 2.18. The van der Waals surface area contributed by atoms with Gasteiger partial charge in [0.2, 0.25) is 0 Å². The lowest BCUT2D eigenvalue weighted by Crippen LogP contribution is -2.26. The average molecular weight is 261 g/mol. The second-order valence-electron chi connectivity index (χ2n) is 5.38. The van der Waals surface area contributed by atoms with Crippen molar-refractivity contribution in [2.24, 2.45) is 11.8 Å². The highest BCUT2D eigenvalue weighted by molar-refractivity contribution is 5.90. The summed E-state index contributed by atoms with van der Waals surface area (Å²) in [6.07, 6.45) is 0. The summed E-state index contributed by atoms with van der Waals surface area (Å²) in [5.74, 6) is 2.13. The van der Waals surface area contributed by atoms with Gasteiger partial charge in [-0.2, -0.15) is 0 Å². The Kier molecular flexibility index (Phi) is 3.14. The van der Waals surface area contributed by atoms with Crippen molar-refractivity contribution in [1.82, 2.24) is 10.3 Å². The van der Waals surface area contributed by atoms with Crippen molar-refractivity contribution >= 4 is 11.8 Å². The number of esters is 1. The number of hydrogen-bond donors (Lipinski definition) is 1. The van der Waals surface area contributed by atoms with Crippen molar-refractivity contribution < 1.29 is 9.53 Å². The number of aromatic nitrogens is 1. The van der Waals surface area contributed by atoms with Gasteiger partial charge in [0.15, 0.2) is 0 Å². The van der Waals surface area contributed by atoms with Crippen molar-refractivity contribution in [2.75, 3.05) is 38.2 Å². The molecule has 5 nitrogen and oxygen atoms in total. The number of anilines is 1. The summed E-state index contributed by atoms with van der Waals surface area (Å²) < 4.78 is 4.74. The monoisotopic (exact) mass is 261 g/mol. The van der Waals surface area contributed by atoms with Crippen molar-refractivity contribution in [3.63, 3.8) is 0 Å². The molecule has 102 valence electrons. The lowest BCUT2D eigenvalue weighted by molar-refractivity contribution is 0.0599. The van der Waals surface area contributed by atoms with E-state index in [0.29, 0.717) is 5.56 Å². The Morgan fingerprint density at radius 3 is 2.63 bits per heavy atom. The molecule has 0 saturated carbocycles. The van der Waals surface area contributed by atoms with Crippen LogP contribution < -0.4 is 10.2 Å². The number of methoxy groups -OCH3 is 1. The third-order valence-corrected chi connectivity index (χ3v) is 4.19. The van der Waals surface area contributed by atoms with E-state index in [2.05, 4.69) is 15.2 Å². The van der Waals surface area contributed by atoms with Crippen molar-refractivity contribution in [3.8, 4) is 0 Å². The number of aryl methyl sites for hydroxylation is 1. The highest BCUT2D eigenvalue weighted by atomic mass is 16.5. The molecule has 19 heavy (non-hydrogen) atoms. The fourth-order valence-corrected chi connectivity index (χ4v) is 3.09. The van der Waals surface area contributed by atoms with E-state index in [0.717, 1.165) is 49.5 Å². The first-order valence-electron chi connectivity index (χ1n) is 6.70. The maximum absolute atomic E-state index is 11.5. The molecule has 0 bridgehead atoms. The number of rotatable bonds is 2. The van der Waals surface area contributed by atoms with Crippen LogP contribution in [-0.4, -0.2) is 44.2 Å². The summed E-state index contributed by atoms with van der Waals surface area (Å²) in [6.45, 7) is 6.19. The molecule has 2 aliphatic heterocycles. The molecule has 1 N–H and O–H groups in total. The average Bonchev–Trinajstić information content (AvgIpc) is 2.98. The standard InChI is InChI=1S/C14H19N3O2/c1-9-12(14(18)19-2)3-4-13(16-9)17-7-10-5-15-6-11(10)8-17/h3-4,10-11,15H,5-8H2,1-2H3/t10-,11+. The van der Waals surface area contributed by atoms with Gasteiger partial charge >= 0.3 is 5.97 Å². The molecule has 0 amide bonds. The molecule has 2 aliphatic rings. The Labute approximate surface area is 113 Å². The number of carbonyl (C=O) groups excluding carboxylic acids is 1. The van der Waals surface area contributed by atoms with Gasteiger partial charge in [0, 0.05) is 26.2 Å². The van der Waals surface area contributed by atoms with Gasteiger partial charge in [-0.15, -0.1) is 0 Å². The summed E-state index contributed by atoms with van der Waals surface area (Å²) in [5, 5.41) is 3.43. The lowest BCUT2D eigenvalue weighted by Gasteiger charge is -2.19. The number of nitrogens with zero attached hydrogens (tertiary/aromatic N) is 2. The van der Waals surface area contributed by atoms with Gasteiger partial charge in [0.25, 0.3) is 0 Å². The number of carbonyl (C=O) groups is 1. The molecule has 0 aromatic carbocycles. The van der Waals surface area contributed by atoms with Crippen LogP contribution in [0.1, 0.15) is 16.1 Å². The molecular weight excluding hydrogens is 242 g/mol. The Bertz CT molecular complexity index is 491. The van der Waals surface area contributed by atoms with Gasteiger partial charge < -0.3 is 15.0 Å². The second-order valence-corrected chi connectivity index (χ2v) is 5.38. The molecule has 3 heterocycles. The summed E-state index contributed by atoms with van der Waals surface area (Å²) >= 11 is 0. The largest absolute Gasteiger partial charge is 0.465 e. The van der Waals surface area contributed by atoms with Crippen LogP contribution in [0, 0.1) is 18.8 Å². The Morgan fingerprint density at radius 2 is 2.05 bits per heavy atom. The number of ether oxygens (including phenoxy) is 1. The van der Waals surface area contributed by atoms with Crippen molar-refractivity contribution in [3.05, 3.63) is 23.4 Å². The van der Waals surface area contributed by atoms with Gasteiger partial charge in [0.05, 0.1) is 18.4 Å². The zero-order chi connectivity index (χ0) is 13.4. The first-order valence-corrected chi connectivity index (χ1v) is 6.70. The van der Waals surface area contributed by atoms with E-state index in [1.807, 2.05) is 19.1 Å². The van der Waals surface area contributed by atoms with E-state index >= 15 is 0 Å². The van der Waals surface area contributed by atoms with Crippen molar-refractivity contribution in [2.45, 2.75) is 6.92 Å². The Balaban J connectivity index is 1.79. The van der Waals surface area contributed by atoms with E-state index < -0.39 is 0 Å². The summed E-state index contributed by atoms with van der Waals surface area (Å²) in [5.41, 5.74) is 1.28. The number of pyridine rings is 1. The maximum atomic E-state index is 11.5. The second kappa shape index (κ2) is 4.81.